The van der Waals surface area contributed by atoms with Crippen molar-refractivity contribution < 1.29 is 4.74 Å². The predicted molar refractivity (Wildman–Crippen MR) is 43.3 cm³/mol. The predicted octanol–water partition coefficient (Wildman–Crippen LogP) is 1.86. The molecule has 2 aliphatic carbocycles. The fraction of sp³-hybridized carbons (Fsp3) is 0.900. The molecular weight excluding hydrogens is 150 g/mol. The van der Waals surface area contributed by atoms with Gasteiger partial charge >= 0.3 is 0 Å². The second kappa shape index (κ2) is 2.03. The van der Waals surface area contributed by atoms with Gasteiger partial charge in [-0.3, -0.25) is 0 Å². The third kappa shape index (κ3) is 0.641. The molecule has 0 aromatic carbocycles. The number of hydrogen-bond acceptors (Lipinski definition) is 2. The zero-order valence-electron chi connectivity index (χ0n) is 7.12. The second-order valence-electron chi connectivity index (χ2n) is 4.44. The molecule has 0 N–H and O–H groups in total. The standard InChI is InChI=1S/C10H13NO/c11-6-9-10(12-9)5-7-3-1-2-4-8(7)10/h7-9H,1-5H2/t7-,8-,9?,10?/m1/s1. The normalized spacial score (nSPS) is 55.4. The minimum atomic E-state index is -0.0446. The highest BCUT2D eigenvalue weighted by atomic mass is 16.6. The van der Waals surface area contributed by atoms with E-state index in [1.807, 2.05) is 0 Å². The number of nitriles is 1. The smallest absolute Gasteiger partial charge is 0.173 e. The first-order valence-electron chi connectivity index (χ1n) is 4.94. The Hall–Kier alpha value is -0.550. The van der Waals surface area contributed by atoms with Crippen LogP contribution in [0.4, 0.5) is 0 Å². The Morgan fingerprint density at radius 2 is 2.17 bits per heavy atom. The summed E-state index contributed by atoms with van der Waals surface area (Å²) in [6.07, 6.45) is 6.57. The third-order valence-corrected chi connectivity index (χ3v) is 3.96. The Balaban J connectivity index is 1.75. The second-order valence-corrected chi connectivity index (χ2v) is 4.44. The number of fused-ring (bicyclic) bond motifs is 2. The molecule has 2 nitrogen and oxygen atoms in total. The average molecular weight is 163 g/mol. The van der Waals surface area contributed by atoms with Crippen molar-refractivity contribution in [1.29, 1.82) is 5.26 Å². The van der Waals surface area contributed by atoms with Crippen molar-refractivity contribution in [2.24, 2.45) is 11.8 Å². The van der Waals surface area contributed by atoms with E-state index in [1.54, 1.807) is 0 Å². The summed E-state index contributed by atoms with van der Waals surface area (Å²) in [6.45, 7) is 0. The molecule has 1 saturated heterocycles. The lowest BCUT2D eigenvalue weighted by Crippen LogP contribution is -2.47. The van der Waals surface area contributed by atoms with Gasteiger partial charge in [-0.05, 0) is 31.1 Å². The van der Waals surface area contributed by atoms with Gasteiger partial charge in [-0.2, -0.15) is 5.26 Å². The van der Waals surface area contributed by atoms with E-state index in [0.717, 1.165) is 11.8 Å². The van der Waals surface area contributed by atoms with Crippen LogP contribution >= 0.6 is 0 Å². The van der Waals surface area contributed by atoms with Gasteiger partial charge in [0.15, 0.2) is 6.10 Å². The van der Waals surface area contributed by atoms with Gasteiger partial charge in [-0.25, -0.2) is 0 Å². The van der Waals surface area contributed by atoms with Crippen LogP contribution in [0.1, 0.15) is 32.1 Å². The summed E-state index contributed by atoms with van der Waals surface area (Å²) in [5, 5.41) is 8.72. The number of hydrogen-bond donors (Lipinski definition) is 0. The van der Waals surface area contributed by atoms with Gasteiger partial charge < -0.3 is 4.74 Å². The van der Waals surface area contributed by atoms with Crippen LogP contribution in [0.15, 0.2) is 0 Å². The molecule has 0 radical (unpaired) electrons. The molecule has 1 spiro atoms. The van der Waals surface area contributed by atoms with Crippen molar-refractivity contribution in [2.45, 2.75) is 43.8 Å². The number of nitrogens with zero attached hydrogens (tertiary/aromatic N) is 1. The summed E-state index contributed by atoms with van der Waals surface area (Å²) >= 11 is 0. The van der Waals surface area contributed by atoms with Crippen LogP contribution in [0, 0.1) is 23.2 Å². The summed E-state index contributed by atoms with van der Waals surface area (Å²) in [4.78, 5) is 0. The van der Waals surface area contributed by atoms with Crippen molar-refractivity contribution in [3.63, 3.8) is 0 Å². The Kier molecular flexibility index (Phi) is 1.17. The number of rotatable bonds is 0. The minimum Gasteiger partial charge on any atom is -0.350 e. The quantitative estimate of drug-likeness (QED) is 0.511. The van der Waals surface area contributed by atoms with Gasteiger partial charge in [0.25, 0.3) is 0 Å². The van der Waals surface area contributed by atoms with Crippen LogP contribution in [-0.4, -0.2) is 11.7 Å². The molecule has 1 heterocycles. The van der Waals surface area contributed by atoms with Crippen molar-refractivity contribution in [3.05, 3.63) is 0 Å². The van der Waals surface area contributed by atoms with E-state index in [2.05, 4.69) is 6.07 Å². The number of ether oxygens (including phenoxy) is 1. The van der Waals surface area contributed by atoms with E-state index in [4.69, 9.17) is 10.00 Å². The Bertz CT molecular complexity index is 257. The fourth-order valence-electron chi connectivity index (χ4n) is 3.25. The van der Waals surface area contributed by atoms with Gasteiger partial charge in [-0.15, -0.1) is 0 Å². The summed E-state index contributed by atoms with van der Waals surface area (Å²) in [5.41, 5.74) is 0.0693. The maximum Gasteiger partial charge on any atom is 0.173 e. The highest BCUT2D eigenvalue weighted by molar-refractivity contribution is 5.24. The largest absolute Gasteiger partial charge is 0.350 e. The van der Waals surface area contributed by atoms with Gasteiger partial charge in [-0.1, -0.05) is 12.8 Å². The van der Waals surface area contributed by atoms with E-state index in [1.165, 1.54) is 32.1 Å². The van der Waals surface area contributed by atoms with Crippen molar-refractivity contribution in [3.8, 4) is 6.07 Å². The first kappa shape index (κ1) is 6.91. The third-order valence-electron chi connectivity index (χ3n) is 3.96. The summed E-state index contributed by atoms with van der Waals surface area (Å²) < 4.78 is 5.50. The Morgan fingerprint density at radius 3 is 2.83 bits per heavy atom. The molecule has 0 aromatic heterocycles. The first-order chi connectivity index (χ1) is 5.87. The van der Waals surface area contributed by atoms with E-state index in [-0.39, 0.29) is 11.7 Å². The highest BCUT2D eigenvalue weighted by Crippen LogP contribution is 2.63. The van der Waals surface area contributed by atoms with E-state index in [9.17, 15) is 0 Å². The first-order valence-corrected chi connectivity index (χ1v) is 4.94. The average Bonchev–Trinajstić information content (AvgIpc) is 2.80. The molecular formula is C10H13NO. The van der Waals surface area contributed by atoms with Crippen LogP contribution in [0.3, 0.4) is 0 Å². The molecule has 4 atom stereocenters. The summed E-state index contributed by atoms with van der Waals surface area (Å²) in [7, 11) is 0. The lowest BCUT2D eigenvalue weighted by Gasteiger charge is -2.46. The summed E-state index contributed by atoms with van der Waals surface area (Å²) in [6, 6.07) is 2.24. The maximum atomic E-state index is 8.72. The maximum absolute atomic E-state index is 8.72. The van der Waals surface area contributed by atoms with E-state index in [0.29, 0.717) is 0 Å². The van der Waals surface area contributed by atoms with Crippen LogP contribution in [0.2, 0.25) is 0 Å². The van der Waals surface area contributed by atoms with Gasteiger partial charge in [0.05, 0.1) is 6.07 Å². The van der Waals surface area contributed by atoms with Gasteiger partial charge in [0.1, 0.15) is 5.60 Å². The molecule has 64 valence electrons. The SMILES string of the molecule is N#CC1OC12C[C@H]1CCCC[C@H]12. The Labute approximate surface area is 72.5 Å². The molecule has 12 heavy (non-hydrogen) atoms. The zero-order chi connectivity index (χ0) is 8.18. The van der Waals surface area contributed by atoms with Crippen LogP contribution in [-0.2, 0) is 4.74 Å². The van der Waals surface area contributed by atoms with Crippen molar-refractivity contribution in [2.75, 3.05) is 0 Å². The Morgan fingerprint density at radius 1 is 1.33 bits per heavy atom. The topological polar surface area (TPSA) is 36.3 Å². The van der Waals surface area contributed by atoms with Crippen molar-refractivity contribution >= 4 is 0 Å². The molecule has 2 saturated carbocycles. The monoisotopic (exact) mass is 163 g/mol. The van der Waals surface area contributed by atoms with Crippen LogP contribution in [0.5, 0.6) is 0 Å². The molecule has 0 aromatic rings. The lowest BCUT2D eigenvalue weighted by atomic mass is 9.57. The zero-order valence-corrected chi connectivity index (χ0v) is 7.12. The molecule has 3 fully saturated rings. The van der Waals surface area contributed by atoms with Crippen LogP contribution in [0.25, 0.3) is 0 Å². The molecule has 0 bridgehead atoms. The molecule has 1 aliphatic heterocycles. The van der Waals surface area contributed by atoms with Gasteiger partial charge in [0.2, 0.25) is 0 Å². The van der Waals surface area contributed by atoms with Gasteiger partial charge in [0, 0.05) is 0 Å². The van der Waals surface area contributed by atoms with Crippen LogP contribution < -0.4 is 0 Å². The molecule has 3 aliphatic rings. The van der Waals surface area contributed by atoms with E-state index >= 15 is 0 Å². The number of epoxide rings is 1. The molecule has 2 unspecified atom stereocenters. The summed E-state index contributed by atoms with van der Waals surface area (Å²) in [5.74, 6) is 1.65. The lowest BCUT2D eigenvalue weighted by molar-refractivity contribution is -0.00285. The molecule has 2 heteroatoms. The molecule has 3 rings (SSSR count). The highest BCUT2D eigenvalue weighted by Gasteiger charge is 2.70. The molecule has 0 amide bonds. The fourth-order valence-corrected chi connectivity index (χ4v) is 3.25. The van der Waals surface area contributed by atoms with Crippen molar-refractivity contribution in [1.82, 2.24) is 0 Å². The minimum absolute atomic E-state index is 0.0446. The van der Waals surface area contributed by atoms with E-state index < -0.39 is 0 Å².